The van der Waals surface area contributed by atoms with Gasteiger partial charge in [-0.2, -0.15) is 0 Å². The van der Waals surface area contributed by atoms with Gasteiger partial charge in [0.2, 0.25) is 0 Å². The number of halogens is 1. The van der Waals surface area contributed by atoms with Crippen LogP contribution >= 0.6 is 11.6 Å². The fourth-order valence-electron chi connectivity index (χ4n) is 3.79. The zero-order chi connectivity index (χ0) is 14.3. The van der Waals surface area contributed by atoms with E-state index in [-0.39, 0.29) is 0 Å². The molecule has 2 aliphatic rings. The second-order valence-electron chi connectivity index (χ2n) is 6.15. The predicted molar refractivity (Wildman–Crippen MR) is 80.6 cm³/mol. The Kier molecular flexibility index (Phi) is 3.82. The number of rotatable bonds is 4. The monoisotopic (exact) mass is 313 g/mol. The van der Waals surface area contributed by atoms with Gasteiger partial charge in [-0.05, 0) is 43.2 Å². The Morgan fingerprint density at radius 3 is 2.70 bits per heavy atom. The molecule has 20 heavy (non-hydrogen) atoms. The molecule has 0 heterocycles. The lowest BCUT2D eigenvalue weighted by molar-refractivity contribution is 0.350. The largest absolute Gasteiger partial charge is 0.310 e. The maximum Gasteiger partial charge on any atom is 0.175 e. The SMILES string of the molecule is CS(=O)(=O)c1cccc(Cl)c1CNC1CC2CCC1C2. The number of hydrogen-bond donors (Lipinski definition) is 1. The molecule has 1 aromatic rings. The molecule has 0 saturated heterocycles. The molecule has 3 nitrogen and oxygen atoms in total. The molecule has 2 fully saturated rings. The average molecular weight is 314 g/mol. The van der Waals surface area contributed by atoms with Crippen LogP contribution in [-0.2, 0) is 16.4 Å². The molecule has 0 aromatic heterocycles. The Morgan fingerprint density at radius 2 is 2.10 bits per heavy atom. The molecule has 0 spiro atoms. The third-order valence-corrected chi connectivity index (χ3v) is 6.29. The molecule has 0 radical (unpaired) electrons. The predicted octanol–water partition coefficient (Wildman–Crippen LogP) is 3.02. The molecular weight excluding hydrogens is 294 g/mol. The topological polar surface area (TPSA) is 46.2 Å². The first-order valence-electron chi connectivity index (χ1n) is 7.16. The van der Waals surface area contributed by atoms with Crippen LogP contribution in [0.4, 0.5) is 0 Å². The maximum atomic E-state index is 11.8. The third kappa shape index (κ3) is 2.74. The van der Waals surface area contributed by atoms with Gasteiger partial charge in [0, 0.05) is 29.4 Å². The van der Waals surface area contributed by atoms with Gasteiger partial charge in [0.1, 0.15) is 0 Å². The Balaban J connectivity index is 1.77. The summed E-state index contributed by atoms with van der Waals surface area (Å²) in [7, 11) is -3.24. The van der Waals surface area contributed by atoms with Crippen LogP contribution in [0.5, 0.6) is 0 Å². The first-order valence-corrected chi connectivity index (χ1v) is 9.43. The van der Waals surface area contributed by atoms with Gasteiger partial charge >= 0.3 is 0 Å². The van der Waals surface area contributed by atoms with Crippen molar-refractivity contribution in [3.63, 3.8) is 0 Å². The van der Waals surface area contributed by atoms with Gasteiger partial charge in [0.05, 0.1) is 4.90 Å². The Hall–Kier alpha value is -0.580. The summed E-state index contributed by atoms with van der Waals surface area (Å²) in [6, 6.07) is 5.62. The lowest BCUT2D eigenvalue weighted by Gasteiger charge is -2.23. The van der Waals surface area contributed by atoms with Crippen LogP contribution < -0.4 is 5.32 Å². The number of sulfone groups is 1. The standard InChI is InChI=1S/C15H20ClNO2S/c1-20(18,19)15-4-2-3-13(16)12(15)9-17-14-8-10-5-6-11(14)7-10/h2-4,10-11,14,17H,5-9H2,1H3. The fraction of sp³-hybridized carbons (Fsp3) is 0.600. The van der Waals surface area contributed by atoms with Gasteiger partial charge in [0.25, 0.3) is 0 Å². The molecule has 3 unspecified atom stereocenters. The van der Waals surface area contributed by atoms with Crippen molar-refractivity contribution in [2.45, 2.75) is 43.2 Å². The van der Waals surface area contributed by atoms with Crippen LogP contribution in [0, 0.1) is 11.8 Å². The van der Waals surface area contributed by atoms with Crippen molar-refractivity contribution in [2.75, 3.05) is 6.26 Å². The van der Waals surface area contributed by atoms with E-state index in [1.54, 1.807) is 18.2 Å². The van der Waals surface area contributed by atoms with Gasteiger partial charge in [-0.25, -0.2) is 8.42 Å². The van der Waals surface area contributed by atoms with Crippen LogP contribution in [-0.4, -0.2) is 20.7 Å². The van der Waals surface area contributed by atoms with Gasteiger partial charge < -0.3 is 5.32 Å². The quantitative estimate of drug-likeness (QED) is 0.929. The maximum absolute atomic E-state index is 11.8. The second kappa shape index (κ2) is 5.32. The van der Waals surface area contributed by atoms with Crippen molar-refractivity contribution in [2.24, 2.45) is 11.8 Å². The van der Waals surface area contributed by atoms with Gasteiger partial charge in [-0.15, -0.1) is 0 Å². The lowest BCUT2D eigenvalue weighted by Crippen LogP contribution is -2.33. The van der Waals surface area contributed by atoms with Crippen molar-refractivity contribution < 1.29 is 8.42 Å². The summed E-state index contributed by atoms with van der Waals surface area (Å²) in [5.74, 6) is 1.64. The van der Waals surface area contributed by atoms with E-state index in [9.17, 15) is 8.42 Å². The van der Waals surface area contributed by atoms with Gasteiger partial charge in [-0.3, -0.25) is 0 Å². The molecule has 0 aliphatic heterocycles. The van der Waals surface area contributed by atoms with E-state index < -0.39 is 9.84 Å². The van der Waals surface area contributed by atoms with E-state index in [0.717, 1.165) is 11.8 Å². The van der Waals surface area contributed by atoms with E-state index in [2.05, 4.69) is 5.32 Å². The van der Waals surface area contributed by atoms with Crippen LogP contribution in [0.1, 0.15) is 31.2 Å². The van der Waals surface area contributed by atoms with Gasteiger partial charge in [-0.1, -0.05) is 24.1 Å². The van der Waals surface area contributed by atoms with E-state index >= 15 is 0 Å². The number of fused-ring (bicyclic) bond motifs is 2. The molecule has 1 N–H and O–H groups in total. The average Bonchev–Trinajstić information content (AvgIpc) is 2.98. The summed E-state index contributed by atoms with van der Waals surface area (Å²) in [6.45, 7) is 0.538. The van der Waals surface area contributed by atoms with Crippen molar-refractivity contribution in [3.05, 3.63) is 28.8 Å². The summed E-state index contributed by atoms with van der Waals surface area (Å²) in [5, 5.41) is 4.06. The summed E-state index contributed by atoms with van der Waals surface area (Å²) >= 11 is 6.20. The van der Waals surface area contributed by atoms with Crippen LogP contribution in [0.2, 0.25) is 5.02 Å². The molecule has 110 valence electrons. The molecule has 2 saturated carbocycles. The van der Waals surface area contributed by atoms with Crippen LogP contribution in [0.25, 0.3) is 0 Å². The highest BCUT2D eigenvalue weighted by Gasteiger charge is 2.39. The number of benzene rings is 1. The summed E-state index contributed by atoms with van der Waals surface area (Å²) in [6.07, 6.45) is 6.47. The zero-order valence-corrected chi connectivity index (χ0v) is 13.2. The zero-order valence-electron chi connectivity index (χ0n) is 11.6. The van der Waals surface area contributed by atoms with E-state index in [0.29, 0.717) is 28.1 Å². The molecule has 2 bridgehead atoms. The van der Waals surface area contributed by atoms with Crippen molar-refractivity contribution in [1.29, 1.82) is 0 Å². The molecule has 3 atom stereocenters. The molecule has 3 rings (SSSR count). The number of hydrogen-bond acceptors (Lipinski definition) is 3. The van der Waals surface area contributed by atoms with Gasteiger partial charge in [0.15, 0.2) is 9.84 Å². The highest BCUT2D eigenvalue weighted by Crippen LogP contribution is 2.44. The van der Waals surface area contributed by atoms with E-state index in [1.807, 2.05) is 0 Å². The first-order chi connectivity index (χ1) is 9.45. The summed E-state index contributed by atoms with van der Waals surface area (Å²) in [5.41, 5.74) is 0.708. The third-order valence-electron chi connectivity index (χ3n) is 4.75. The van der Waals surface area contributed by atoms with Crippen molar-refractivity contribution in [1.82, 2.24) is 5.32 Å². The minimum atomic E-state index is -3.24. The highest BCUT2D eigenvalue weighted by atomic mass is 35.5. The summed E-state index contributed by atoms with van der Waals surface area (Å²) < 4.78 is 23.7. The number of nitrogens with one attached hydrogen (secondary N) is 1. The fourth-order valence-corrected chi connectivity index (χ4v) is 5.04. The summed E-state index contributed by atoms with van der Waals surface area (Å²) in [4.78, 5) is 0.348. The van der Waals surface area contributed by atoms with Crippen LogP contribution in [0.3, 0.4) is 0 Å². The van der Waals surface area contributed by atoms with Crippen molar-refractivity contribution in [3.8, 4) is 0 Å². The molecule has 5 heteroatoms. The second-order valence-corrected chi connectivity index (χ2v) is 8.54. The van der Waals surface area contributed by atoms with Crippen molar-refractivity contribution >= 4 is 21.4 Å². The first kappa shape index (κ1) is 14.4. The molecule has 2 aliphatic carbocycles. The van der Waals surface area contributed by atoms with E-state index in [1.165, 1.54) is 31.9 Å². The molecule has 0 amide bonds. The normalized spacial score (nSPS) is 29.0. The Morgan fingerprint density at radius 1 is 1.30 bits per heavy atom. The highest BCUT2D eigenvalue weighted by molar-refractivity contribution is 7.90. The Bertz CT molecular complexity index is 614. The molecular formula is C15H20ClNO2S. The van der Waals surface area contributed by atoms with E-state index in [4.69, 9.17) is 11.6 Å². The molecule has 1 aromatic carbocycles. The van der Waals surface area contributed by atoms with Crippen LogP contribution in [0.15, 0.2) is 23.1 Å². The minimum Gasteiger partial charge on any atom is -0.310 e. The Labute approximate surface area is 125 Å². The lowest BCUT2D eigenvalue weighted by atomic mass is 9.95. The smallest absolute Gasteiger partial charge is 0.175 e. The minimum absolute atomic E-state index is 0.348.